The number of rotatable bonds is 3. The van der Waals surface area contributed by atoms with Crippen LogP contribution in [0.3, 0.4) is 0 Å². The molecule has 3 nitrogen and oxygen atoms in total. The van der Waals surface area contributed by atoms with E-state index < -0.39 is 0 Å². The van der Waals surface area contributed by atoms with Crippen molar-refractivity contribution in [2.75, 3.05) is 12.8 Å². The Morgan fingerprint density at radius 3 is 2.30 bits per heavy atom. The molecule has 0 aliphatic heterocycles. The summed E-state index contributed by atoms with van der Waals surface area (Å²) in [5.41, 5.74) is 10.5. The van der Waals surface area contributed by atoms with Gasteiger partial charge in [0.15, 0.2) is 0 Å². The predicted octanol–water partition coefficient (Wildman–Crippen LogP) is 3.16. The van der Waals surface area contributed by atoms with Gasteiger partial charge in [-0.2, -0.15) is 0 Å². The van der Waals surface area contributed by atoms with Gasteiger partial charge in [0.2, 0.25) is 0 Å². The average molecular weight is 268 g/mol. The second-order valence-electron chi connectivity index (χ2n) is 5.24. The number of nitrogens with two attached hydrogens (primary N) is 1. The molecule has 2 aromatic rings. The van der Waals surface area contributed by atoms with Crippen LogP contribution >= 0.6 is 0 Å². The van der Waals surface area contributed by atoms with Crippen molar-refractivity contribution in [2.45, 2.75) is 20.4 Å². The van der Waals surface area contributed by atoms with E-state index in [0.29, 0.717) is 12.2 Å². The van der Waals surface area contributed by atoms with E-state index >= 15 is 0 Å². The highest BCUT2D eigenvalue weighted by atomic mass is 16.2. The highest BCUT2D eigenvalue weighted by Gasteiger charge is 2.13. The Balaban J connectivity index is 2.18. The van der Waals surface area contributed by atoms with Gasteiger partial charge in [-0.15, -0.1) is 0 Å². The molecule has 2 aromatic carbocycles. The third kappa shape index (κ3) is 3.18. The van der Waals surface area contributed by atoms with Crippen molar-refractivity contribution in [3.63, 3.8) is 0 Å². The van der Waals surface area contributed by atoms with Crippen molar-refractivity contribution in [2.24, 2.45) is 0 Å². The molecule has 0 saturated heterocycles. The average Bonchev–Trinajstić information content (AvgIpc) is 2.39. The summed E-state index contributed by atoms with van der Waals surface area (Å²) in [6.07, 6.45) is 0. The molecule has 1 amide bonds. The van der Waals surface area contributed by atoms with Crippen molar-refractivity contribution in [3.8, 4) is 0 Å². The number of carbonyl (C=O) groups excluding carboxylic acids is 1. The summed E-state index contributed by atoms with van der Waals surface area (Å²) in [6, 6.07) is 13.5. The maximum atomic E-state index is 12.4. The van der Waals surface area contributed by atoms with Gasteiger partial charge in [-0.25, -0.2) is 0 Å². The van der Waals surface area contributed by atoms with Gasteiger partial charge in [0.1, 0.15) is 0 Å². The van der Waals surface area contributed by atoms with E-state index in [1.807, 2.05) is 50.2 Å². The SMILES string of the molecule is Cc1cc(C)cc(C(=O)N(C)Cc2ccccc2N)c1. The van der Waals surface area contributed by atoms with Crippen molar-refractivity contribution in [1.29, 1.82) is 0 Å². The molecule has 104 valence electrons. The summed E-state index contributed by atoms with van der Waals surface area (Å²) < 4.78 is 0. The van der Waals surface area contributed by atoms with Gasteiger partial charge in [-0.1, -0.05) is 35.4 Å². The van der Waals surface area contributed by atoms with Crippen LogP contribution in [0.1, 0.15) is 27.0 Å². The first kappa shape index (κ1) is 14.1. The molecule has 0 aliphatic rings. The molecule has 0 bridgehead atoms. The van der Waals surface area contributed by atoms with Crippen molar-refractivity contribution in [1.82, 2.24) is 4.90 Å². The summed E-state index contributed by atoms with van der Waals surface area (Å²) in [5, 5.41) is 0. The second kappa shape index (κ2) is 5.78. The highest BCUT2D eigenvalue weighted by Crippen LogP contribution is 2.16. The number of nitrogen functional groups attached to an aromatic ring is 1. The smallest absolute Gasteiger partial charge is 0.253 e. The topological polar surface area (TPSA) is 46.3 Å². The van der Waals surface area contributed by atoms with Crippen LogP contribution in [0.25, 0.3) is 0 Å². The minimum absolute atomic E-state index is 0.0139. The number of benzene rings is 2. The standard InChI is InChI=1S/C17H20N2O/c1-12-8-13(2)10-15(9-12)17(20)19(3)11-14-6-4-5-7-16(14)18/h4-10H,11,18H2,1-3H3. The molecule has 0 aromatic heterocycles. The maximum Gasteiger partial charge on any atom is 0.253 e. The molecule has 20 heavy (non-hydrogen) atoms. The minimum Gasteiger partial charge on any atom is -0.398 e. The summed E-state index contributed by atoms with van der Waals surface area (Å²) in [4.78, 5) is 14.1. The zero-order valence-electron chi connectivity index (χ0n) is 12.2. The number of anilines is 1. The summed E-state index contributed by atoms with van der Waals surface area (Å²) >= 11 is 0. The van der Waals surface area contributed by atoms with Gasteiger partial charge in [0, 0.05) is 24.8 Å². The Labute approximate surface area is 120 Å². The van der Waals surface area contributed by atoms with Crippen molar-refractivity contribution < 1.29 is 4.79 Å². The normalized spacial score (nSPS) is 10.3. The third-order valence-corrected chi connectivity index (χ3v) is 3.28. The molecule has 2 rings (SSSR count). The van der Waals surface area contributed by atoms with E-state index in [9.17, 15) is 4.79 Å². The van der Waals surface area contributed by atoms with Crippen LogP contribution in [0.2, 0.25) is 0 Å². The minimum atomic E-state index is 0.0139. The molecule has 0 unspecified atom stereocenters. The van der Waals surface area contributed by atoms with Gasteiger partial charge in [-0.05, 0) is 37.6 Å². The number of hydrogen-bond donors (Lipinski definition) is 1. The Kier molecular flexibility index (Phi) is 4.08. The molecule has 3 heteroatoms. The van der Waals surface area contributed by atoms with Crippen LogP contribution in [0.4, 0.5) is 5.69 Å². The van der Waals surface area contributed by atoms with E-state index in [4.69, 9.17) is 5.73 Å². The fraction of sp³-hybridized carbons (Fsp3) is 0.235. The molecule has 0 aliphatic carbocycles. The second-order valence-corrected chi connectivity index (χ2v) is 5.24. The number of aryl methyl sites for hydroxylation is 2. The first-order chi connectivity index (χ1) is 9.47. The predicted molar refractivity (Wildman–Crippen MR) is 82.6 cm³/mol. The number of para-hydroxylation sites is 1. The Hall–Kier alpha value is -2.29. The summed E-state index contributed by atoms with van der Waals surface area (Å²) in [7, 11) is 1.80. The van der Waals surface area contributed by atoms with Crippen LogP contribution in [0, 0.1) is 13.8 Å². The van der Waals surface area contributed by atoms with Crippen LogP contribution in [-0.4, -0.2) is 17.9 Å². The fourth-order valence-corrected chi connectivity index (χ4v) is 2.32. The highest BCUT2D eigenvalue weighted by molar-refractivity contribution is 5.94. The number of nitrogens with zero attached hydrogens (tertiary/aromatic N) is 1. The van der Waals surface area contributed by atoms with Gasteiger partial charge in [0.25, 0.3) is 5.91 Å². The summed E-state index contributed by atoms with van der Waals surface area (Å²) in [6.45, 7) is 4.51. The maximum absolute atomic E-state index is 12.4. The van der Waals surface area contributed by atoms with Gasteiger partial charge < -0.3 is 10.6 Å². The quantitative estimate of drug-likeness (QED) is 0.869. The van der Waals surface area contributed by atoms with E-state index in [1.165, 1.54) is 0 Å². The lowest BCUT2D eigenvalue weighted by Gasteiger charge is -2.19. The first-order valence-electron chi connectivity index (χ1n) is 6.64. The van der Waals surface area contributed by atoms with E-state index in [-0.39, 0.29) is 5.91 Å². The van der Waals surface area contributed by atoms with E-state index in [2.05, 4.69) is 6.07 Å². The zero-order valence-corrected chi connectivity index (χ0v) is 12.2. The molecule has 0 fully saturated rings. The lowest BCUT2D eigenvalue weighted by atomic mass is 10.1. The Morgan fingerprint density at radius 1 is 1.10 bits per heavy atom. The molecule has 0 spiro atoms. The van der Waals surface area contributed by atoms with Crippen LogP contribution in [0.15, 0.2) is 42.5 Å². The monoisotopic (exact) mass is 268 g/mol. The van der Waals surface area contributed by atoms with Gasteiger partial charge in [0.05, 0.1) is 0 Å². The molecule has 0 heterocycles. The lowest BCUT2D eigenvalue weighted by Crippen LogP contribution is -2.26. The lowest BCUT2D eigenvalue weighted by molar-refractivity contribution is 0.0785. The number of carbonyl (C=O) groups is 1. The molecule has 0 radical (unpaired) electrons. The Morgan fingerprint density at radius 2 is 1.70 bits per heavy atom. The number of amides is 1. The van der Waals surface area contributed by atoms with E-state index in [0.717, 1.165) is 22.3 Å². The largest absolute Gasteiger partial charge is 0.398 e. The molecular weight excluding hydrogens is 248 g/mol. The Bertz CT molecular complexity index is 614. The van der Waals surface area contributed by atoms with Crippen molar-refractivity contribution >= 4 is 11.6 Å². The molecule has 2 N–H and O–H groups in total. The van der Waals surface area contributed by atoms with Gasteiger partial charge >= 0.3 is 0 Å². The molecular formula is C17H20N2O. The first-order valence-corrected chi connectivity index (χ1v) is 6.64. The molecule has 0 saturated carbocycles. The number of hydrogen-bond acceptors (Lipinski definition) is 2. The van der Waals surface area contributed by atoms with Crippen LogP contribution in [-0.2, 0) is 6.54 Å². The van der Waals surface area contributed by atoms with Crippen molar-refractivity contribution in [3.05, 3.63) is 64.7 Å². The fourth-order valence-electron chi connectivity index (χ4n) is 2.32. The van der Waals surface area contributed by atoms with Gasteiger partial charge in [-0.3, -0.25) is 4.79 Å². The van der Waals surface area contributed by atoms with E-state index in [1.54, 1.807) is 11.9 Å². The summed E-state index contributed by atoms with van der Waals surface area (Å²) in [5.74, 6) is 0.0139. The third-order valence-electron chi connectivity index (χ3n) is 3.28. The van der Waals surface area contributed by atoms with Crippen LogP contribution in [0.5, 0.6) is 0 Å². The van der Waals surface area contributed by atoms with Crippen LogP contribution < -0.4 is 5.73 Å². The molecule has 0 atom stereocenters. The zero-order chi connectivity index (χ0) is 14.7.